The summed E-state index contributed by atoms with van der Waals surface area (Å²) in [5.41, 5.74) is 2.23. The number of ether oxygens (including phenoxy) is 3. The molecule has 0 amide bonds. The fraction of sp³-hybridized carbons (Fsp3) is 0.421. The first-order chi connectivity index (χ1) is 14.2. The first kappa shape index (κ1) is 19.7. The van der Waals surface area contributed by atoms with Crippen LogP contribution in [0.2, 0.25) is 5.02 Å². The van der Waals surface area contributed by atoms with Crippen molar-refractivity contribution in [2.45, 2.75) is 12.6 Å². The van der Waals surface area contributed by atoms with E-state index in [2.05, 4.69) is 20.2 Å². The predicted octanol–water partition coefficient (Wildman–Crippen LogP) is 1.83. The van der Waals surface area contributed by atoms with Crippen LogP contribution in [0.25, 0.3) is 11.2 Å². The third-order valence-electron chi connectivity index (χ3n) is 4.75. The number of rotatable bonds is 7. The normalized spacial score (nSPS) is 17.4. The summed E-state index contributed by atoms with van der Waals surface area (Å²) in [4.78, 5) is 13.6. The Labute approximate surface area is 173 Å². The van der Waals surface area contributed by atoms with Gasteiger partial charge in [-0.15, -0.1) is 5.10 Å². The van der Waals surface area contributed by atoms with Crippen LogP contribution in [0.1, 0.15) is 5.56 Å². The van der Waals surface area contributed by atoms with E-state index in [4.69, 9.17) is 30.6 Å². The molecule has 0 saturated carbocycles. The number of nitrogens with zero attached hydrogens (tertiary/aromatic N) is 5. The summed E-state index contributed by atoms with van der Waals surface area (Å²) in [6.45, 7) is 3.12. The van der Waals surface area contributed by atoms with Gasteiger partial charge in [0.15, 0.2) is 11.5 Å². The average molecular weight is 420 g/mol. The van der Waals surface area contributed by atoms with Crippen molar-refractivity contribution in [3.8, 4) is 11.5 Å². The molecule has 3 heterocycles. The molecule has 0 aliphatic carbocycles. The van der Waals surface area contributed by atoms with Crippen LogP contribution in [0, 0.1) is 0 Å². The van der Waals surface area contributed by atoms with Crippen molar-refractivity contribution in [1.82, 2.24) is 25.0 Å². The van der Waals surface area contributed by atoms with Crippen LogP contribution in [0.5, 0.6) is 11.5 Å². The minimum absolute atomic E-state index is 0.106. The van der Waals surface area contributed by atoms with E-state index in [-0.39, 0.29) is 6.10 Å². The Morgan fingerprint density at radius 2 is 2.14 bits per heavy atom. The number of fused-ring (bicyclic) bond motifs is 1. The van der Waals surface area contributed by atoms with E-state index in [1.807, 2.05) is 24.3 Å². The molecule has 10 heteroatoms. The van der Waals surface area contributed by atoms with Gasteiger partial charge >= 0.3 is 0 Å². The zero-order valence-electron chi connectivity index (χ0n) is 16.2. The van der Waals surface area contributed by atoms with Gasteiger partial charge in [0.25, 0.3) is 0 Å². The van der Waals surface area contributed by atoms with Crippen LogP contribution in [-0.4, -0.2) is 71.7 Å². The van der Waals surface area contributed by atoms with Crippen LogP contribution in [0.3, 0.4) is 0 Å². The summed E-state index contributed by atoms with van der Waals surface area (Å²) in [6, 6.07) is 7.46. The van der Waals surface area contributed by atoms with Gasteiger partial charge in [-0.3, -0.25) is 4.90 Å². The van der Waals surface area contributed by atoms with Gasteiger partial charge in [-0.1, -0.05) is 22.5 Å². The van der Waals surface area contributed by atoms with E-state index < -0.39 is 0 Å². The van der Waals surface area contributed by atoms with Crippen LogP contribution in [0.4, 0.5) is 0 Å². The van der Waals surface area contributed by atoms with Gasteiger partial charge in [-0.2, -0.15) is 0 Å². The lowest BCUT2D eigenvalue weighted by Crippen LogP contribution is -2.45. The number of halogens is 1. The van der Waals surface area contributed by atoms with E-state index in [1.165, 1.54) is 4.85 Å². The molecule has 1 aromatic carbocycles. The molecule has 4 rings (SSSR count). The molecule has 1 aliphatic heterocycles. The molecule has 3 aromatic rings. The van der Waals surface area contributed by atoms with E-state index >= 15 is 0 Å². The van der Waals surface area contributed by atoms with Crippen molar-refractivity contribution in [1.29, 1.82) is 0 Å². The molecule has 0 spiro atoms. The van der Waals surface area contributed by atoms with Crippen molar-refractivity contribution < 1.29 is 19.0 Å². The first-order valence-corrected chi connectivity index (χ1v) is 9.60. The Morgan fingerprint density at radius 3 is 2.97 bits per heavy atom. The SMILES string of the molecule is COc1ccc(CN2CCOC(COn3nnc4cccnc43)C2)c(Cl)c1OC. The van der Waals surface area contributed by atoms with Crippen molar-refractivity contribution >= 4 is 22.8 Å². The van der Waals surface area contributed by atoms with Gasteiger partial charge in [-0.05, 0) is 29.0 Å². The van der Waals surface area contributed by atoms with Crippen molar-refractivity contribution in [3.05, 3.63) is 41.0 Å². The molecular weight excluding hydrogens is 398 g/mol. The molecule has 1 unspecified atom stereocenters. The Kier molecular flexibility index (Phi) is 5.98. The molecule has 1 atom stereocenters. The highest BCUT2D eigenvalue weighted by molar-refractivity contribution is 6.33. The molecule has 0 bridgehead atoms. The highest BCUT2D eigenvalue weighted by atomic mass is 35.5. The molecule has 29 heavy (non-hydrogen) atoms. The summed E-state index contributed by atoms with van der Waals surface area (Å²) in [6.07, 6.45) is 1.57. The monoisotopic (exact) mass is 419 g/mol. The van der Waals surface area contributed by atoms with Crippen molar-refractivity contribution in [2.24, 2.45) is 0 Å². The van der Waals surface area contributed by atoms with Crippen LogP contribution >= 0.6 is 11.6 Å². The summed E-state index contributed by atoms with van der Waals surface area (Å²) in [5.74, 6) is 1.16. The molecule has 9 nitrogen and oxygen atoms in total. The third kappa shape index (κ3) is 4.21. The summed E-state index contributed by atoms with van der Waals surface area (Å²) in [7, 11) is 3.17. The Hall–Kier alpha value is -2.62. The zero-order chi connectivity index (χ0) is 20.2. The topological polar surface area (TPSA) is 83.8 Å². The van der Waals surface area contributed by atoms with Gasteiger partial charge in [0.05, 0.1) is 25.8 Å². The predicted molar refractivity (Wildman–Crippen MR) is 106 cm³/mol. The minimum Gasteiger partial charge on any atom is -0.493 e. The second kappa shape index (κ2) is 8.81. The summed E-state index contributed by atoms with van der Waals surface area (Å²) < 4.78 is 16.5. The highest BCUT2D eigenvalue weighted by Crippen LogP contribution is 2.37. The van der Waals surface area contributed by atoms with E-state index in [9.17, 15) is 0 Å². The Morgan fingerprint density at radius 1 is 1.24 bits per heavy atom. The van der Waals surface area contributed by atoms with E-state index in [1.54, 1.807) is 20.4 Å². The van der Waals surface area contributed by atoms with Crippen LogP contribution in [0.15, 0.2) is 30.5 Å². The molecule has 1 saturated heterocycles. The van der Waals surface area contributed by atoms with Gasteiger partial charge in [0.2, 0.25) is 5.65 Å². The minimum atomic E-state index is -0.106. The first-order valence-electron chi connectivity index (χ1n) is 9.22. The van der Waals surface area contributed by atoms with Gasteiger partial charge in [-0.25, -0.2) is 4.98 Å². The smallest absolute Gasteiger partial charge is 0.219 e. The van der Waals surface area contributed by atoms with E-state index in [0.29, 0.717) is 54.0 Å². The van der Waals surface area contributed by atoms with E-state index in [0.717, 1.165) is 12.1 Å². The maximum absolute atomic E-state index is 6.52. The highest BCUT2D eigenvalue weighted by Gasteiger charge is 2.23. The Balaban J connectivity index is 1.39. The van der Waals surface area contributed by atoms with Gasteiger partial charge in [0, 0.05) is 25.8 Å². The molecular formula is C19H22ClN5O4. The molecule has 154 valence electrons. The second-order valence-corrected chi connectivity index (χ2v) is 6.98. The Bertz CT molecular complexity index is 982. The number of pyridine rings is 1. The average Bonchev–Trinajstić information content (AvgIpc) is 3.17. The molecule has 1 aliphatic rings. The lowest BCUT2D eigenvalue weighted by Gasteiger charge is -2.32. The maximum Gasteiger partial charge on any atom is 0.219 e. The second-order valence-electron chi connectivity index (χ2n) is 6.61. The van der Waals surface area contributed by atoms with Crippen molar-refractivity contribution in [2.75, 3.05) is 40.5 Å². The fourth-order valence-electron chi connectivity index (χ4n) is 3.30. The zero-order valence-corrected chi connectivity index (χ0v) is 17.0. The molecule has 0 radical (unpaired) electrons. The lowest BCUT2D eigenvalue weighted by molar-refractivity contribution is -0.0770. The lowest BCUT2D eigenvalue weighted by atomic mass is 10.1. The molecule has 1 fully saturated rings. The number of methoxy groups -OCH3 is 2. The van der Waals surface area contributed by atoms with Gasteiger partial charge < -0.3 is 19.0 Å². The quantitative estimate of drug-likeness (QED) is 0.573. The largest absolute Gasteiger partial charge is 0.493 e. The standard InChI is InChI=1S/C19H22ClN5O4/c1-26-16-6-5-13(17(20)18(16)27-2)10-24-8-9-28-14(11-24)12-29-25-19-15(22-23-25)4-3-7-21-19/h3-7,14H,8-12H2,1-2H3. The summed E-state index contributed by atoms with van der Waals surface area (Å²) >= 11 is 6.52. The third-order valence-corrected chi connectivity index (χ3v) is 5.16. The molecule has 0 N–H and O–H groups in total. The van der Waals surface area contributed by atoms with Crippen LogP contribution in [-0.2, 0) is 11.3 Å². The number of morpholine rings is 1. The number of aromatic nitrogens is 4. The van der Waals surface area contributed by atoms with Crippen LogP contribution < -0.4 is 14.3 Å². The molecule has 2 aromatic heterocycles. The van der Waals surface area contributed by atoms with Crippen molar-refractivity contribution in [3.63, 3.8) is 0 Å². The maximum atomic E-state index is 6.52. The van der Waals surface area contributed by atoms with Gasteiger partial charge in [0.1, 0.15) is 18.2 Å². The number of benzene rings is 1. The number of hydrogen-bond donors (Lipinski definition) is 0. The summed E-state index contributed by atoms with van der Waals surface area (Å²) in [5, 5.41) is 8.58. The number of hydrogen-bond acceptors (Lipinski definition) is 8. The fourth-order valence-corrected chi connectivity index (χ4v) is 3.60.